The minimum absolute atomic E-state index is 0.361. The molecule has 1 N–H and O–H groups in total. The van der Waals surface area contributed by atoms with Crippen LogP contribution in [0.15, 0.2) is 18.2 Å². The molecule has 2 atom stereocenters. The molecule has 4 heteroatoms. The van der Waals surface area contributed by atoms with E-state index in [0.29, 0.717) is 30.1 Å². The molecule has 1 aromatic carbocycles. The molecule has 1 aliphatic heterocycles. The fourth-order valence-corrected chi connectivity index (χ4v) is 2.45. The number of esters is 1. The van der Waals surface area contributed by atoms with Gasteiger partial charge in [-0.15, -0.1) is 0 Å². The SMILES string of the molecule is COc1cccc2c1C(=O)O[C@H]([C@@H](O)CC(C)C)C2. The zero-order chi connectivity index (χ0) is 14.0. The third-order valence-electron chi connectivity index (χ3n) is 3.36. The number of aliphatic hydroxyl groups is 1. The molecular formula is C15H20O4. The third kappa shape index (κ3) is 2.89. The molecule has 104 valence electrons. The van der Waals surface area contributed by atoms with Crippen molar-refractivity contribution in [2.45, 2.75) is 38.9 Å². The molecule has 0 saturated heterocycles. The lowest BCUT2D eigenvalue weighted by Gasteiger charge is -2.29. The number of carbonyl (C=O) groups is 1. The number of ether oxygens (including phenoxy) is 2. The van der Waals surface area contributed by atoms with E-state index in [1.807, 2.05) is 26.0 Å². The fourth-order valence-electron chi connectivity index (χ4n) is 2.45. The normalized spacial score (nSPS) is 19.8. The predicted octanol–water partition coefficient (Wildman–Crippen LogP) is 2.18. The Morgan fingerprint density at radius 1 is 1.47 bits per heavy atom. The monoisotopic (exact) mass is 264 g/mol. The fraction of sp³-hybridized carbons (Fsp3) is 0.533. The van der Waals surface area contributed by atoms with Gasteiger partial charge in [-0.1, -0.05) is 26.0 Å². The first-order valence-electron chi connectivity index (χ1n) is 6.57. The lowest BCUT2D eigenvalue weighted by molar-refractivity contribution is -0.0293. The number of hydrogen-bond donors (Lipinski definition) is 1. The Kier molecular flexibility index (Phi) is 4.10. The van der Waals surface area contributed by atoms with Gasteiger partial charge in [0.25, 0.3) is 0 Å². The molecule has 0 spiro atoms. The van der Waals surface area contributed by atoms with Crippen LogP contribution in [0, 0.1) is 5.92 Å². The number of methoxy groups -OCH3 is 1. The van der Waals surface area contributed by atoms with Gasteiger partial charge in [0, 0.05) is 6.42 Å². The van der Waals surface area contributed by atoms with E-state index in [2.05, 4.69) is 0 Å². The first kappa shape index (κ1) is 13.9. The molecule has 19 heavy (non-hydrogen) atoms. The van der Waals surface area contributed by atoms with Crippen LogP contribution in [-0.4, -0.2) is 30.4 Å². The van der Waals surface area contributed by atoms with Crippen molar-refractivity contribution < 1.29 is 19.4 Å². The average Bonchev–Trinajstić information content (AvgIpc) is 2.36. The number of hydrogen-bond acceptors (Lipinski definition) is 4. The summed E-state index contributed by atoms with van der Waals surface area (Å²) in [6.45, 7) is 4.07. The van der Waals surface area contributed by atoms with Crippen molar-refractivity contribution in [1.29, 1.82) is 0 Å². The zero-order valence-corrected chi connectivity index (χ0v) is 11.6. The molecule has 1 aliphatic rings. The summed E-state index contributed by atoms with van der Waals surface area (Å²) < 4.78 is 10.5. The summed E-state index contributed by atoms with van der Waals surface area (Å²) >= 11 is 0. The summed E-state index contributed by atoms with van der Waals surface area (Å²) in [5, 5.41) is 10.1. The van der Waals surface area contributed by atoms with Crippen LogP contribution in [-0.2, 0) is 11.2 Å². The summed E-state index contributed by atoms with van der Waals surface area (Å²) in [7, 11) is 1.53. The highest BCUT2D eigenvalue weighted by Gasteiger charge is 2.33. The van der Waals surface area contributed by atoms with Crippen LogP contribution in [0.3, 0.4) is 0 Å². The molecule has 0 saturated carbocycles. The maximum Gasteiger partial charge on any atom is 0.342 e. The Labute approximate surface area is 113 Å². The van der Waals surface area contributed by atoms with E-state index in [9.17, 15) is 9.90 Å². The smallest absolute Gasteiger partial charge is 0.342 e. The van der Waals surface area contributed by atoms with E-state index in [0.717, 1.165) is 5.56 Å². The quantitative estimate of drug-likeness (QED) is 0.847. The number of aliphatic hydroxyl groups excluding tert-OH is 1. The van der Waals surface area contributed by atoms with Crippen LogP contribution >= 0.6 is 0 Å². The van der Waals surface area contributed by atoms with E-state index in [4.69, 9.17) is 9.47 Å². The maximum atomic E-state index is 12.1. The van der Waals surface area contributed by atoms with Gasteiger partial charge in [-0.05, 0) is 24.0 Å². The molecule has 1 aromatic rings. The Hall–Kier alpha value is -1.55. The first-order chi connectivity index (χ1) is 9.02. The molecule has 0 radical (unpaired) electrons. The van der Waals surface area contributed by atoms with Crippen LogP contribution in [0.2, 0.25) is 0 Å². The number of carbonyl (C=O) groups excluding carboxylic acids is 1. The molecule has 2 rings (SSSR count). The molecule has 0 aliphatic carbocycles. The Morgan fingerprint density at radius 3 is 2.84 bits per heavy atom. The summed E-state index contributed by atoms with van der Waals surface area (Å²) in [5.41, 5.74) is 1.36. The topological polar surface area (TPSA) is 55.8 Å². The van der Waals surface area contributed by atoms with E-state index >= 15 is 0 Å². The number of rotatable bonds is 4. The molecule has 0 amide bonds. The summed E-state index contributed by atoms with van der Waals surface area (Å²) in [6, 6.07) is 5.47. The predicted molar refractivity (Wildman–Crippen MR) is 71.4 cm³/mol. The highest BCUT2D eigenvalue weighted by atomic mass is 16.6. The van der Waals surface area contributed by atoms with Gasteiger partial charge >= 0.3 is 5.97 Å². The summed E-state index contributed by atoms with van der Waals surface area (Å²) in [4.78, 5) is 12.1. The molecule has 0 fully saturated rings. The van der Waals surface area contributed by atoms with Gasteiger partial charge in [0.2, 0.25) is 0 Å². The second kappa shape index (κ2) is 5.61. The van der Waals surface area contributed by atoms with Gasteiger partial charge in [-0.2, -0.15) is 0 Å². The summed E-state index contributed by atoms with van der Waals surface area (Å²) in [6.07, 6.45) is 0.0708. The second-order valence-electron chi connectivity index (χ2n) is 5.34. The van der Waals surface area contributed by atoms with Gasteiger partial charge in [0.1, 0.15) is 17.4 Å². The number of benzene rings is 1. The molecule has 0 bridgehead atoms. The van der Waals surface area contributed by atoms with Gasteiger partial charge in [0.15, 0.2) is 0 Å². The van der Waals surface area contributed by atoms with E-state index in [-0.39, 0.29) is 0 Å². The van der Waals surface area contributed by atoms with Crippen molar-refractivity contribution in [1.82, 2.24) is 0 Å². The van der Waals surface area contributed by atoms with Crippen LogP contribution in [0.5, 0.6) is 5.75 Å². The zero-order valence-electron chi connectivity index (χ0n) is 11.6. The Balaban J connectivity index is 2.23. The highest BCUT2D eigenvalue weighted by Crippen LogP contribution is 2.30. The van der Waals surface area contributed by atoms with Crippen molar-refractivity contribution >= 4 is 5.97 Å². The van der Waals surface area contributed by atoms with Crippen LogP contribution in [0.4, 0.5) is 0 Å². The standard InChI is InChI=1S/C15H20O4/c1-9(2)7-11(16)13-8-10-5-4-6-12(18-3)14(10)15(17)19-13/h4-6,9,11,13,16H,7-8H2,1-3H3/t11-,13-/m0/s1. The van der Waals surface area contributed by atoms with Crippen molar-refractivity contribution in [2.75, 3.05) is 7.11 Å². The summed E-state index contributed by atoms with van der Waals surface area (Å²) in [5.74, 6) is 0.478. The lowest BCUT2D eigenvalue weighted by atomic mass is 9.92. The number of fused-ring (bicyclic) bond motifs is 1. The highest BCUT2D eigenvalue weighted by molar-refractivity contribution is 5.95. The average molecular weight is 264 g/mol. The Bertz CT molecular complexity index is 467. The minimum atomic E-state index is -0.622. The van der Waals surface area contributed by atoms with Crippen LogP contribution in [0.1, 0.15) is 36.2 Å². The van der Waals surface area contributed by atoms with Crippen LogP contribution in [0.25, 0.3) is 0 Å². The van der Waals surface area contributed by atoms with E-state index in [1.165, 1.54) is 7.11 Å². The van der Waals surface area contributed by atoms with Gasteiger partial charge in [-0.25, -0.2) is 4.79 Å². The molecule has 0 unspecified atom stereocenters. The van der Waals surface area contributed by atoms with Gasteiger partial charge in [0.05, 0.1) is 13.2 Å². The van der Waals surface area contributed by atoms with Crippen molar-refractivity contribution in [2.24, 2.45) is 5.92 Å². The largest absolute Gasteiger partial charge is 0.496 e. The van der Waals surface area contributed by atoms with E-state index < -0.39 is 18.2 Å². The van der Waals surface area contributed by atoms with Crippen molar-refractivity contribution in [3.05, 3.63) is 29.3 Å². The van der Waals surface area contributed by atoms with Gasteiger partial charge < -0.3 is 14.6 Å². The lowest BCUT2D eigenvalue weighted by Crippen LogP contribution is -2.38. The molecule has 4 nitrogen and oxygen atoms in total. The van der Waals surface area contributed by atoms with E-state index in [1.54, 1.807) is 6.07 Å². The molecular weight excluding hydrogens is 244 g/mol. The Morgan fingerprint density at radius 2 is 2.21 bits per heavy atom. The van der Waals surface area contributed by atoms with Crippen molar-refractivity contribution in [3.63, 3.8) is 0 Å². The minimum Gasteiger partial charge on any atom is -0.496 e. The number of cyclic esters (lactones) is 1. The molecule has 0 aromatic heterocycles. The maximum absolute atomic E-state index is 12.1. The van der Waals surface area contributed by atoms with Crippen molar-refractivity contribution in [3.8, 4) is 5.75 Å². The third-order valence-corrected chi connectivity index (χ3v) is 3.36. The van der Waals surface area contributed by atoms with Crippen LogP contribution < -0.4 is 4.74 Å². The first-order valence-corrected chi connectivity index (χ1v) is 6.57. The molecule has 1 heterocycles. The second-order valence-corrected chi connectivity index (χ2v) is 5.34. The van der Waals surface area contributed by atoms with Gasteiger partial charge in [-0.3, -0.25) is 0 Å².